The van der Waals surface area contributed by atoms with E-state index in [1.165, 1.54) is 25.9 Å². The minimum atomic E-state index is 0.362. The van der Waals surface area contributed by atoms with E-state index in [1.807, 2.05) is 0 Å². The summed E-state index contributed by atoms with van der Waals surface area (Å²) in [7, 11) is 0. The van der Waals surface area contributed by atoms with Gasteiger partial charge in [0.05, 0.1) is 0 Å². The molecule has 0 radical (unpaired) electrons. The van der Waals surface area contributed by atoms with Gasteiger partial charge in [-0.3, -0.25) is 0 Å². The molecule has 3 heteroatoms. The lowest BCUT2D eigenvalue weighted by Crippen LogP contribution is -2.29. The van der Waals surface area contributed by atoms with Crippen LogP contribution < -0.4 is 5.32 Å². The van der Waals surface area contributed by atoms with Gasteiger partial charge in [0.15, 0.2) is 0 Å². The van der Waals surface area contributed by atoms with Gasteiger partial charge in [-0.2, -0.15) is 0 Å². The SMILES string of the molecule is CC(C)NCCCN1CCC(CO)C1. The van der Waals surface area contributed by atoms with Gasteiger partial charge in [0.25, 0.3) is 0 Å². The molecule has 3 nitrogen and oxygen atoms in total. The predicted octanol–water partition coefficient (Wildman–Crippen LogP) is 0.689. The van der Waals surface area contributed by atoms with Gasteiger partial charge >= 0.3 is 0 Å². The van der Waals surface area contributed by atoms with E-state index < -0.39 is 0 Å². The lowest BCUT2D eigenvalue weighted by atomic mass is 10.1. The number of aliphatic hydroxyl groups is 1. The number of likely N-dealkylation sites (tertiary alicyclic amines) is 1. The molecule has 1 aliphatic rings. The standard InChI is InChI=1S/C11H24N2O/c1-10(2)12-5-3-6-13-7-4-11(8-13)9-14/h10-12,14H,3-9H2,1-2H3. The van der Waals surface area contributed by atoms with Gasteiger partial charge in [0.1, 0.15) is 0 Å². The van der Waals surface area contributed by atoms with Crippen LogP contribution in [0.5, 0.6) is 0 Å². The molecule has 1 aliphatic heterocycles. The van der Waals surface area contributed by atoms with Crippen LogP contribution in [-0.2, 0) is 0 Å². The van der Waals surface area contributed by atoms with Crippen molar-refractivity contribution in [2.45, 2.75) is 32.7 Å². The summed E-state index contributed by atoms with van der Waals surface area (Å²) in [6.45, 7) is 9.27. The fraction of sp³-hybridized carbons (Fsp3) is 1.00. The zero-order chi connectivity index (χ0) is 10.4. The highest BCUT2D eigenvalue weighted by Gasteiger charge is 2.20. The van der Waals surface area contributed by atoms with Crippen LogP contribution in [0.3, 0.4) is 0 Å². The summed E-state index contributed by atoms with van der Waals surface area (Å²) in [5.74, 6) is 0.535. The van der Waals surface area contributed by atoms with Gasteiger partial charge in [-0.15, -0.1) is 0 Å². The van der Waals surface area contributed by atoms with E-state index in [0.29, 0.717) is 18.6 Å². The van der Waals surface area contributed by atoms with E-state index >= 15 is 0 Å². The van der Waals surface area contributed by atoms with Gasteiger partial charge in [-0.05, 0) is 38.4 Å². The molecule has 0 amide bonds. The lowest BCUT2D eigenvalue weighted by Gasteiger charge is -2.16. The third-order valence-electron chi connectivity index (χ3n) is 2.83. The number of hydrogen-bond acceptors (Lipinski definition) is 3. The molecule has 0 aromatic rings. The Morgan fingerprint density at radius 1 is 1.50 bits per heavy atom. The summed E-state index contributed by atoms with van der Waals surface area (Å²) in [4.78, 5) is 2.46. The summed E-state index contributed by atoms with van der Waals surface area (Å²) in [6.07, 6.45) is 2.39. The van der Waals surface area contributed by atoms with Crippen molar-refractivity contribution in [3.63, 3.8) is 0 Å². The maximum Gasteiger partial charge on any atom is 0.0471 e. The second-order valence-electron chi connectivity index (χ2n) is 4.60. The molecule has 1 fully saturated rings. The summed E-state index contributed by atoms with van der Waals surface area (Å²) >= 11 is 0. The van der Waals surface area contributed by atoms with Gasteiger partial charge < -0.3 is 15.3 Å². The molecule has 0 aliphatic carbocycles. The molecule has 1 heterocycles. The van der Waals surface area contributed by atoms with Crippen LogP contribution in [0, 0.1) is 5.92 Å². The van der Waals surface area contributed by atoms with Crippen LogP contribution in [0.25, 0.3) is 0 Å². The average molecular weight is 200 g/mol. The zero-order valence-electron chi connectivity index (χ0n) is 9.50. The van der Waals surface area contributed by atoms with Crippen LogP contribution in [0.2, 0.25) is 0 Å². The van der Waals surface area contributed by atoms with E-state index in [-0.39, 0.29) is 0 Å². The zero-order valence-corrected chi connectivity index (χ0v) is 9.50. The predicted molar refractivity (Wildman–Crippen MR) is 59.4 cm³/mol. The van der Waals surface area contributed by atoms with Crippen molar-refractivity contribution >= 4 is 0 Å². The van der Waals surface area contributed by atoms with E-state index in [2.05, 4.69) is 24.1 Å². The largest absolute Gasteiger partial charge is 0.396 e. The highest BCUT2D eigenvalue weighted by Crippen LogP contribution is 2.14. The lowest BCUT2D eigenvalue weighted by molar-refractivity contribution is 0.221. The normalized spacial score (nSPS) is 23.6. The minimum absolute atomic E-state index is 0.362. The fourth-order valence-electron chi connectivity index (χ4n) is 1.96. The molecule has 0 spiro atoms. The monoisotopic (exact) mass is 200 g/mol. The molecular weight excluding hydrogens is 176 g/mol. The van der Waals surface area contributed by atoms with Gasteiger partial charge in [-0.1, -0.05) is 13.8 Å². The smallest absolute Gasteiger partial charge is 0.0471 e. The van der Waals surface area contributed by atoms with Crippen LogP contribution in [0.1, 0.15) is 26.7 Å². The first-order valence-corrected chi connectivity index (χ1v) is 5.79. The van der Waals surface area contributed by atoms with Crippen LogP contribution in [-0.4, -0.2) is 48.8 Å². The minimum Gasteiger partial charge on any atom is -0.396 e. The van der Waals surface area contributed by atoms with E-state index in [9.17, 15) is 0 Å². The summed E-state index contributed by atoms with van der Waals surface area (Å²) in [5.41, 5.74) is 0. The molecule has 0 aromatic heterocycles. The topological polar surface area (TPSA) is 35.5 Å². The van der Waals surface area contributed by atoms with E-state index in [1.54, 1.807) is 0 Å². The van der Waals surface area contributed by atoms with E-state index in [4.69, 9.17) is 5.11 Å². The second kappa shape index (κ2) is 6.38. The van der Waals surface area contributed by atoms with Crippen LogP contribution in [0.15, 0.2) is 0 Å². The maximum atomic E-state index is 8.99. The Labute approximate surface area is 87.5 Å². The Hall–Kier alpha value is -0.120. The quantitative estimate of drug-likeness (QED) is 0.619. The molecule has 1 atom stereocenters. The second-order valence-corrected chi connectivity index (χ2v) is 4.60. The first-order chi connectivity index (χ1) is 6.72. The number of aliphatic hydroxyl groups excluding tert-OH is 1. The van der Waals surface area contributed by atoms with Crippen molar-refractivity contribution in [1.82, 2.24) is 10.2 Å². The van der Waals surface area contributed by atoms with Crippen LogP contribution >= 0.6 is 0 Å². The average Bonchev–Trinajstić information content (AvgIpc) is 2.60. The Morgan fingerprint density at radius 2 is 2.29 bits per heavy atom. The van der Waals surface area contributed by atoms with Gasteiger partial charge in [-0.25, -0.2) is 0 Å². The van der Waals surface area contributed by atoms with E-state index in [0.717, 1.165) is 13.1 Å². The maximum absolute atomic E-state index is 8.99. The Bertz CT molecular complexity index is 150. The molecule has 1 rings (SSSR count). The summed E-state index contributed by atoms with van der Waals surface area (Å²) in [5, 5.41) is 12.4. The van der Waals surface area contributed by atoms with Gasteiger partial charge in [0.2, 0.25) is 0 Å². The Balaban J connectivity index is 1.97. The van der Waals surface area contributed by atoms with Gasteiger partial charge in [0, 0.05) is 19.2 Å². The number of nitrogens with one attached hydrogen (secondary N) is 1. The van der Waals surface area contributed by atoms with Crippen molar-refractivity contribution < 1.29 is 5.11 Å². The van der Waals surface area contributed by atoms with Crippen LogP contribution in [0.4, 0.5) is 0 Å². The molecule has 1 saturated heterocycles. The molecular formula is C11H24N2O. The molecule has 2 N–H and O–H groups in total. The molecule has 1 unspecified atom stereocenters. The number of nitrogens with zero attached hydrogens (tertiary/aromatic N) is 1. The van der Waals surface area contributed by atoms with Crippen molar-refractivity contribution in [1.29, 1.82) is 0 Å². The third-order valence-corrected chi connectivity index (χ3v) is 2.83. The summed E-state index contributed by atoms with van der Waals surface area (Å²) in [6, 6.07) is 0.596. The van der Waals surface area contributed by atoms with Crippen molar-refractivity contribution in [2.24, 2.45) is 5.92 Å². The van der Waals surface area contributed by atoms with Crippen molar-refractivity contribution in [3.05, 3.63) is 0 Å². The number of hydrogen-bond donors (Lipinski definition) is 2. The number of rotatable bonds is 6. The third kappa shape index (κ3) is 4.40. The molecule has 14 heavy (non-hydrogen) atoms. The highest BCUT2D eigenvalue weighted by molar-refractivity contribution is 4.74. The molecule has 0 saturated carbocycles. The Morgan fingerprint density at radius 3 is 2.86 bits per heavy atom. The molecule has 0 aromatic carbocycles. The first-order valence-electron chi connectivity index (χ1n) is 5.79. The van der Waals surface area contributed by atoms with Crippen molar-refractivity contribution in [2.75, 3.05) is 32.8 Å². The Kier molecular flexibility index (Phi) is 5.45. The highest BCUT2D eigenvalue weighted by atomic mass is 16.3. The molecule has 0 bridgehead atoms. The summed E-state index contributed by atoms with van der Waals surface area (Å²) < 4.78 is 0. The van der Waals surface area contributed by atoms with Crippen molar-refractivity contribution in [3.8, 4) is 0 Å². The first kappa shape index (κ1) is 12.0. The fourth-order valence-corrected chi connectivity index (χ4v) is 1.96. The molecule has 84 valence electrons.